The van der Waals surface area contributed by atoms with Gasteiger partial charge in [-0.25, -0.2) is 0 Å². The zero-order valence-corrected chi connectivity index (χ0v) is 28.6. The van der Waals surface area contributed by atoms with E-state index in [0.717, 1.165) is 0 Å². The number of rotatable bonds is 3. The van der Waals surface area contributed by atoms with Gasteiger partial charge >= 0.3 is 247 Å². The molecule has 8 rings (SSSR count). The van der Waals surface area contributed by atoms with Gasteiger partial charge in [0.15, 0.2) is 0 Å². The van der Waals surface area contributed by atoms with Crippen LogP contribution in [0, 0.1) is 0 Å². The predicted molar refractivity (Wildman–Crippen MR) is 156 cm³/mol. The summed E-state index contributed by atoms with van der Waals surface area (Å²) in [6.07, 6.45) is 4.93. The maximum atomic E-state index is 4.03. The first kappa shape index (κ1) is 28.7. The second-order valence-corrected chi connectivity index (χ2v) is 16.3. The fourth-order valence-electron chi connectivity index (χ4n) is 5.80. The van der Waals surface area contributed by atoms with Gasteiger partial charge in [0.1, 0.15) is 0 Å². The predicted octanol–water partition coefficient (Wildman–Crippen LogP) is 4.72. The third-order valence-electron chi connectivity index (χ3n) is 7.54. The molecule has 2 unspecified atom stereocenters. The molecule has 2 atom stereocenters. The number of fused-ring (bicyclic) bond motifs is 4. The molecule has 0 spiro atoms. The van der Waals surface area contributed by atoms with Crippen molar-refractivity contribution >= 4 is 55.8 Å². The molecule has 0 fully saturated rings. The van der Waals surface area contributed by atoms with Crippen LogP contribution in [-0.2, 0) is 23.2 Å². The molecule has 2 heterocycles. The van der Waals surface area contributed by atoms with Crippen molar-refractivity contribution < 1.29 is 48.0 Å². The summed E-state index contributed by atoms with van der Waals surface area (Å²) in [6, 6.07) is 26.8. The quantitative estimate of drug-likeness (QED) is 0.257. The molecule has 0 radical (unpaired) electrons. The smallest absolute Gasteiger partial charge is 1.00 e. The molecule has 4 aliphatic rings. The van der Waals surface area contributed by atoms with E-state index in [2.05, 4.69) is 131 Å². The molecule has 0 nitrogen and oxygen atoms in total. The van der Waals surface area contributed by atoms with Crippen LogP contribution >= 0.6 is 43.6 Å². The van der Waals surface area contributed by atoms with Crippen LogP contribution in [0.1, 0.15) is 43.4 Å². The molecule has 6 heteroatoms. The second-order valence-electron chi connectivity index (χ2n) is 9.83. The number of halogens is 4. The van der Waals surface area contributed by atoms with Crippen molar-refractivity contribution in [2.24, 2.45) is 0 Å². The molecule has 2 aliphatic carbocycles. The number of hydrogen-bond acceptors (Lipinski definition) is 1. The van der Waals surface area contributed by atoms with Crippen molar-refractivity contribution in [2.75, 3.05) is 0 Å². The Labute approximate surface area is 269 Å². The van der Waals surface area contributed by atoms with Crippen molar-refractivity contribution in [3.8, 4) is 22.3 Å². The Morgan fingerprint density at radius 2 is 1.34 bits per heavy atom. The van der Waals surface area contributed by atoms with E-state index in [1.165, 1.54) is 74.4 Å². The van der Waals surface area contributed by atoms with Gasteiger partial charge in [-0.05, 0) is 0 Å². The first-order chi connectivity index (χ1) is 17.5. The topological polar surface area (TPSA) is 0 Å². The van der Waals surface area contributed by atoms with Gasteiger partial charge in [0.2, 0.25) is 0 Å². The molecule has 0 aromatic heterocycles. The molecule has 2 aliphatic heterocycles. The van der Waals surface area contributed by atoms with Crippen LogP contribution in [0.5, 0.6) is 0 Å². The van der Waals surface area contributed by atoms with E-state index in [1.54, 1.807) is 0 Å². The van der Waals surface area contributed by atoms with Gasteiger partial charge in [0.25, 0.3) is 0 Å². The van der Waals surface area contributed by atoms with E-state index in [1.807, 2.05) is 11.8 Å². The zero-order valence-electron chi connectivity index (χ0n) is 20.7. The van der Waals surface area contributed by atoms with Crippen molar-refractivity contribution in [1.29, 1.82) is 0 Å². The standard InChI is InChI=1S/C16H10BrS.C16H12Br.2ClH.Zr/c1-9-6-13-14(7-9)16-12(8-15(13)17)10-2-4-11(18-16)5-3-10;1-11-7-14-9-13(10-16(17)15(14)8-11)12-5-3-2-4-6-12;;;/h2-8H,1H3;2-10H,1H3;2*1H;/q;;;;+2/p-2. The van der Waals surface area contributed by atoms with Crippen molar-refractivity contribution in [3.63, 3.8) is 0 Å². The summed E-state index contributed by atoms with van der Waals surface area (Å²) >= 11 is 9.03. The van der Waals surface area contributed by atoms with E-state index >= 15 is 0 Å². The van der Waals surface area contributed by atoms with Crippen LogP contribution in [0.25, 0.3) is 34.4 Å². The van der Waals surface area contributed by atoms with Gasteiger partial charge in [0.05, 0.1) is 0 Å². The second kappa shape index (κ2) is 11.2. The van der Waals surface area contributed by atoms with Crippen molar-refractivity contribution in [3.05, 3.63) is 115 Å². The molecule has 4 aromatic rings. The summed E-state index contributed by atoms with van der Waals surface area (Å²) < 4.78 is 3.68. The number of hydrogen-bond donors (Lipinski definition) is 0. The largest absolute Gasteiger partial charge is 1.00 e. The molecule has 38 heavy (non-hydrogen) atoms. The third-order valence-corrected chi connectivity index (χ3v) is 15.3. The summed E-state index contributed by atoms with van der Waals surface area (Å²) in [5.74, 6) is 0. The fourth-order valence-corrected chi connectivity index (χ4v) is 14.2. The first-order valence-electron chi connectivity index (χ1n) is 12.1. The van der Waals surface area contributed by atoms with E-state index in [0.29, 0.717) is 7.25 Å². The van der Waals surface area contributed by atoms with Crippen molar-refractivity contribution in [1.82, 2.24) is 0 Å². The normalized spacial score (nSPS) is 17.7. The molecule has 188 valence electrons. The van der Waals surface area contributed by atoms with Gasteiger partial charge in [-0.15, -0.1) is 0 Å². The summed E-state index contributed by atoms with van der Waals surface area (Å²) in [5, 5.41) is 0. The molecular weight excluding hydrogens is 738 g/mol. The molecular formula is C32H22Br2Cl2SZr. The average molecular weight is 761 g/mol. The Morgan fingerprint density at radius 1 is 0.684 bits per heavy atom. The van der Waals surface area contributed by atoms with E-state index in [9.17, 15) is 0 Å². The van der Waals surface area contributed by atoms with Crippen LogP contribution in [0.2, 0.25) is 0 Å². The Balaban J connectivity index is 0.00000147. The van der Waals surface area contributed by atoms with Crippen LogP contribution in [-0.4, -0.2) is 0 Å². The summed E-state index contributed by atoms with van der Waals surface area (Å²) in [4.78, 5) is 2.76. The number of allylic oxidation sites excluding steroid dienone is 2. The SMILES string of the molecule is CC1=Cc2cc(-c3ccccc3)cc(Br)c2[CH]1[Zr+2][CH]1C(C)=Cc2c3c(cc(Br)c21)-c1ccc(cc1)S3.[Cl-].[Cl-]. The molecule has 0 saturated carbocycles. The minimum absolute atomic E-state index is 0. The maximum Gasteiger partial charge on any atom is -1.00 e. The third kappa shape index (κ3) is 4.72. The minimum atomic E-state index is -0.928. The van der Waals surface area contributed by atoms with E-state index < -0.39 is 23.2 Å². The van der Waals surface area contributed by atoms with E-state index in [4.69, 9.17) is 0 Å². The van der Waals surface area contributed by atoms with Crippen LogP contribution in [0.3, 0.4) is 0 Å². The molecule has 0 N–H and O–H groups in total. The fraction of sp³-hybridized carbons (Fsp3) is 0.125. The van der Waals surface area contributed by atoms with Crippen LogP contribution in [0.15, 0.2) is 103 Å². The van der Waals surface area contributed by atoms with E-state index in [-0.39, 0.29) is 24.8 Å². The van der Waals surface area contributed by atoms with Gasteiger partial charge in [-0.3, -0.25) is 0 Å². The Kier molecular flexibility index (Phi) is 8.44. The molecule has 4 aromatic carbocycles. The van der Waals surface area contributed by atoms with Gasteiger partial charge in [-0.2, -0.15) is 0 Å². The summed E-state index contributed by atoms with van der Waals surface area (Å²) in [5.41, 5.74) is 14.2. The molecule has 0 amide bonds. The monoisotopic (exact) mass is 756 g/mol. The number of benzene rings is 4. The molecule has 2 bridgehead atoms. The van der Waals surface area contributed by atoms with Crippen LogP contribution < -0.4 is 24.8 Å². The Hall–Kier alpha value is -0.867. The summed E-state index contributed by atoms with van der Waals surface area (Å²) in [7, 11) is 0. The summed E-state index contributed by atoms with van der Waals surface area (Å²) in [6.45, 7) is 4.71. The van der Waals surface area contributed by atoms with Gasteiger partial charge in [-0.1, -0.05) is 0 Å². The zero-order chi connectivity index (χ0) is 24.6. The minimum Gasteiger partial charge on any atom is -1.00 e. The van der Waals surface area contributed by atoms with Gasteiger partial charge in [0, 0.05) is 0 Å². The average Bonchev–Trinajstić information content (AvgIpc) is 3.24. The molecule has 0 saturated heterocycles. The maximum absolute atomic E-state index is 4.03. The Morgan fingerprint density at radius 3 is 2.08 bits per heavy atom. The van der Waals surface area contributed by atoms with Gasteiger partial charge < -0.3 is 24.8 Å². The van der Waals surface area contributed by atoms with Crippen molar-refractivity contribution in [2.45, 2.75) is 30.9 Å². The Bertz CT molecular complexity index is 1630. The first-order valence-corrected chi connectivity index (χ1v) is 17.4. The van der Waals surface area contributed by atoms with Crippen LogP contribution in [0.4, 0.5) is 0 Å².